The zero-order chi connectivity index (χ0) is 17.7. The summed E-state index contributed by atoms with van der Waals surface area (Å²) in [4.78, 5) is 31.0. The van der Waals surface area contributed by atoms with Crippen molar-refractivity contribution in [2.24, 2.45) is 11.8 Å². The van der Waals surface area contributed by atoms with Crippen molar-refractivity contribution in [3.63, 3.8) is 0 Å². The highest BCUT2D eigenvalue weighted by Crippen LogP contribution is 2.36. The summed E-state index contributed by atoms with van der Waals surface area (Å²) in [5.74, 6) is -0.285. The van der Waals surface area contributed by atoms with Crippen LogP contribution in [0.2, 0.25) is 0 Å². The van der Waals surface area contributed by atoms with Crippen molar-refractivity contribution in [2.45, 2.75) is 25.0 Å². The van der Waals surface area contributed by atoms with Gasteiger partial charge in [-0.25, -0.2) is 4.98 Å². The van der Waals surface area contributed by atoms with E-state index in [1.807, 2.05) is 0 Å². The van der Waals surface area contributed by atoms with Gasteiger partial charge >= 0.3 is 0 Å². The monoisotopic (exact) mass is 345 g/mol. The highest BCUT2D eigenvalue weighted by atomic mass is 16.3. The molecule has 4 atom stereocenters. The van der Waals surface area contributed by atoms with E-state index >= 15 is 0 Å². The summed E-state index contributed by atoms with van der Waals surface area (Å²) < 4.78 is 1.15. The molecule has 1 saturated carbocycles. The zero-order valence-electron chi connectivity index (χ0n) is 13.4. The Labute approximate surface area is 143 Å². The van der Waals surface area contributed by atoms with Gasteiger partial charge in [-0.3, -0.25) is 14.0 Å². The second kappa shape index (κ2) is 5.82. The lowest BCUT2D eigenvalue weighted by Gasteiger charge is -2.31. The maximum Gasteiger partial charge on any atom is 0.270 e. The molecule has 0 aromatic carbocycles. The topological polar surface area (TPSA) is 115 Å². The number of carbonyl (C=O) groups is 1. The Morgan fingerprint density at radius 2 is 1.80 bits per heavy atom. The van der Waals surface area contributed by atoms with Crippen LogP contribution < -0.4 is 5.56 Å². The van der Waals surface area contributed by atoms with Crippen LogP contribution in [-0.4, -0.2) is 60.8 Å². The molecule has 8 nitrogen and oxygen atoms in total. The number of aliphatic hydroxyl groups excluding tert-OH is 2. The molecular formula is C17H19N3O5. The number of amides is 1. The normalized spacial score (nSPS) is 29.0. The molecule has 0 bridgehead atoms. The molecule has 0 radical (unpaired) electrons. The molecule has 0 unspecified atom stereocenters. The first-order valence-electron chi connectivity index (χ1n) is 8.30. The lowest BCUT2D eigenvalue weighted by atomic mass is 9.79. The van der Waals surface area contributed by atoms with Crippen LogP contribution >= 0.6 is 0 Å². The fourth-order valence-electron chi connectivity index (χ4n) is 3.98. The molecule has 1 saturated heterocycles. The summed E-state index contributed by atoms with van der Waals surface area (Å²) in [5.41, 5.74) is -0.478. The van der Waals surface area contributed by atoms with Crippen molar-refractivity contribution >= 4 is 11.6 Å². The van der Waals surface area contributed by atoms with E-state index in [2.05, 4.69) is 4.98 Å². The molecule has 1 aliphatic carbocycles. The molecule has 2 aliphatic rings. The summed E-state index contributed by atoms with van der Waals surface area (Å²) in [6.07, 6.45) is 2.05. The van der Waals surface area contributed by atoms with Crippen LogP contribution in [0.4, 0.5) is 0 Å². The second-order valence-corrected chi connectivity index (χ2v) is 6.90. The van der Waals surface area contributed by atoms with E-state index < -0.39 is 23.7 Å². The molecule has 2 aromatic rings. The van der Waals surface area contributed by atoms with E-state index in [0.29, 0.717) is 25.9 Å². The molecule has 1 amide bonds. The molecule has 2 fully saturated rings. The molecule has 3 heterocycles. The van der Waals surface area contributed by atoms with Gasteiger partial charge in [0.25, 0.3) is 11.5 Å². The number of nitrogens with zero attached hydrogens (tertiary/aromatic N) is 3. The number of aliphatic hydroxyl groups is 2. The van der Waals surface area contributed by atoms with Gasteiger partial charge in [0.2, 0.25) is 0 Å². The lowest BCUT2D eigenvalue weighted by Crippen LogP contribution is -2.38. The quantitative estimate of drug-likeness (QED) is 0.648. The molecule has 0 spiro atoms. The largest absolute Gasteiger partial charge is 0.504 e. The molecule has 132 valence electrons. The Balaban J connectivity index is 1.63. The number of pyridine rings is 1. The number of fused-ring (bicyclic) bond motifs is 2. The molecule has 4 rings (SSSR count). The highest BCUT2D eigenvalue weighted by molar-refractivity contribution is 5.94. The van der Waals surface area contributed by atoms with E-state index in [-0.39, 0.29) is 28.8 Å². The highest BCUT2D eigenvalue weighted by Gasteiger charge is 2.42. The Morgan fingerprint density at radius 3 is 2.44 bits per heavy atom. The Bertz CT molecular complexity index is 877. The van der Waals surface area contributed by atoms with Gasteiger partial charge in [-0.2, -0.15) is 0 Å². The standard InChI is InChI=1S/C17H19N3O5/c21-12-2-1-3-20-15(12)18-6-11(17(20)25)16(24)19-7-9-4-13(22)14(23)5-10(9)8-19/h1-3,6,9-10,13-14,21-23H,4-5,7-8H2/t9-,10+,13-,14-/m0/s1. The van der Waals surface area contributed by atoms with Gasteiger partial charge in [0.1, 0.15) is 5.56 Å². The van der Waals surface area contributed by atoms with E-state index in [1.54, 1.807) is 4.90 Å². The van der Waals surface area contributed by atoms with Gasteiger partial charge in [-0.1, -0.05) is 0 Å². The summed E-state index contributed by atoms with van der Waals surface area (Å²) in [5, 5.41) is 29.4. The third kappa shape index (κ3) is 2.58. The number of carbonyl (C=O) groups excluding carboxylic acids is 1. The van der Waals surface area contributed by atoms with Gasteiger partial charge in [0.15, 0.2) is 11.4 Å². The van der Waals surface area contributed by atoms with E-state index in [0.717, 1.165) is 4.40 Å². The van der Waals surface area contributed by atoms with E-state index in [1.165, 1.54) is 24.5 Å². The summed E-state index contributed by atoms with van der Waals surface area (Å²) in [7, 11) is 0. The number of hydrogen-bond donors (Lipinski definition) is 3. The van der Waals surface area contributed by atoms with Gasteiger partial charge in [-0.15, -0.1) is 0 Å². The van der Waals surface area contributed by atoms with E-state index in [9.17, 15) is 24.9 Å². The maximum absolute atomic E-state index is 12.8. The predicted molar refractivity (Wildman–Crippen MR) is 87.3 cm³/mol. The minimum absolute atomic E-state index is 0.0529. The van der Waals surface area contributed by atoms with Crippen LogP contribution in [0.25, 0.3) is 5.65 Å². The first-order chi connectivity index (χ1) is 12.0. The van der Waals surface area contributed by atoms with Crippen LogP contribution in [0.1, 0.15) is 23.2 Å². The van der Waals surface area contributed by atoms with Gasteiger partial charge in [0.05, 0.1) is 12.2 Å². The van der Waals surface area contributed by atoms with Crippen molar-refractivity contribution in [1.82, 2.24) is 14.3 Å². The average Bonchev–Trinajstić information content (AvgIpc) is 2.98. The summed E-state index contributed by atoms with van der Waals surface area (Å²) in [6.45, 7) is 0.908. The minimum atomic E-state index is -0.757. The number of likely N-dealkylation sites (tertiary alicyclic amines) is 1. The fraction of sp³-hybridized carbons (Fsp3) is 0.471. The smallest absolute Gasteiger partial charge is 0.270 e. The SMILES string of the molecule is O=C(c1cnc2c(O)cccn2c1=O)N1C[C@H]2C[C@H](O)[C@@H](O)C[C@H]2C1. The van der Waals surface area contributed by atoms with Crippen molar-refractivity contribution in [3.8, 4) is 5.75 Å². The molecule has 8 heteroatoms. The maximum atomic E-state index is 12.8. The van der Waals surface area contributed by atoms with E-state index in [4.69, 9.17) is 0 Å². The summed E-state index contributed by atoms with van der Waals surface area (Å²) >= 11 is 0. The van der Waals surface area contributed by atoms with Gasteiger partial charge < -0.3 is 20.2 Å². The van der Waals surface area contributed by atoms with Crippen molar-refractivity contribution in [1.29, 1.82) is 0 Å². The molecule has 1 aliphatic heterocycles. The van der Waals surface area contributed by atoms with Crippen molar-refractivity contribution in [3.05, 3.63) is 40.4 Å². The summed E-state index contributed by atoms with van der Waals surface area (Å²) in [6, 6.07) is 2.93. The van der Waals surface area contributed by atoms with Crippen LogP contribution in [0.15, 0.2) is 29.3 Å². The number of aromatic nitrogens is 2. The Morgan fingerprint density at radius 1 is 1.16 bits per heavy atom. The third-order valence-electron chi connectivity index (χ3n) is 5.34. The number of aromatic hydroxyl groups is 1. The first kappa shape index (κ1) is 16.0. The molecule has 25 heavy (non-hydrogen) atoms. The van der Waals surface area contributed by atoms with Crippen LogP contribution in [0.3, 0.4) is 0 Å². The van der Waals surface area contributed by atoms with Crippen LogP contribution in [0.5, 0.6) is 5.75 Å². The fourth-order valence-corrected chi connectivity index (χ4v) is 3.98. The third-order valence-corrected chi connectivity index (χ3v) is 5.34. The Kier molecular flexibility index (Phi) is 3.73. The van der Waals surface area contributed by atoms with Gasteiger partial charge in [0, 0.05) is 25.5 Å². The van der Waals surface area contributed by atoms with Crippen LogP contribution in [0, 0.1) is 11.8 Å². The molecule has 2 aromatic heterocycles. The minimum Gasteiger partial charge on any atom is -0.504 e. The Hall–Kier alpha value is -2.45. The van der Waals surface area contributed by atoms with Crippen molar-refractivity contribution < 1.29 is 20.1 Å². The molecule has 3 N–H and O–H groups in total. The van der Waals surface area contributed by atoms with Gasteiger partial charge in [-0.05, 0) is 36.8 Å². The predicted octanol–water partition coefficient (Wildman–Crippen LogP) is -0.396. The molecular weight excluding hydrogens is 326 g/mol. The second-order valence-electron chi connectivity index (χ2n) is 6.90. The first-order valence-corrected chi connectivity index (χ1v) is 8.30. The van der Waals surface area contributed by atoms with Crippen molar-refractivity contribution in [2.75, 3.05) is 13.1 Å². The van der Waals surface area contributed by atoms with Crippen LogP contribution in [-0.2, 0) is 0 Å². The zero-order valence-corrected chi connectivity index (χ0v) is 13.4. The lowest BCUT2D eigenvalue weighted by molar-refractivity contribution is -0.0372. The number of rotatable bonds is 1. The average molecular weight is 345 g/mol. The number of hydrogen-bond acceptors (Lipinski definition) is 6.